The van der Waals surface area contributed by atoms with Crippen molar-refractivity contribution in [2.75, 3.05) is 48.9 Å². The lowest BCUT2D eigenvalue weighted by molar-refractivity contribution is -0.0360. The number of carbonyl (C=O) groups excluding carboxylic acids is 1. The fourth-order valence-corrected chi connectivity index (χ4v) is 5.48. The smallest absolute Gasteiger partial charge is 0.251 e. The van der Waals surface area contributed by atoms with Crippen LogP contribution in [0, 0.1) is 0 Å². The van der Waals surface area contributed by atoms with Crippen LogP contribution in [0.15, 0.2) is 36.4 Å². The number of ether oxygens (including phenoxy) is 1. The predicted octanol–water partition coefficient (Wildman–Crippen LogP) is 2.35. The van der Waals surface area contributed by atoms with E-state index in [0.29, 0.717) is 35.0 Å². The first-order valence-electron chi connectivity index (χ1n) is 10.3. The van der Waals surface area contributed by atoms with Crippen molar-refractivity contribution in [1.29, 1.82) is 0 Å². The van der Waals surface area contributed by atoms with Crippen LogP contribution >= 0.6 is 11.8 Å². The van der Waals surface area contributed by atoms with Crippen molar-refractivity contribution in [3.05, 3.63) is 42.0 Å². The molecule has 0 radical (unpaired) electrons. The maximum absolute atomic E-state index is 12.0. The number of carbonyl (C=O) groups is 1. The van der Waals surface area contributed by atoms with Crippen molar-refractivity contribution in [3.8, 4) is 11.3 Å². The first kappa shape index (κ1) is 20.0. The molecule has 1 atom stereocenters. The number of morpholine rings is 1. The van der Waals surface area contributed by atoms with Gasteiger partial charge in [0.1, 0.15) is 5.82 Å². The van der Waals surface area contributed by atoms with Gasteiger partial charge >= 0.3 is 0 Å². The molecule has 2 fully saturated rings. The molecule has 1 aromatic carbocycles. The maximum atomic E-state index is 12.0. The number of hydrogen-bond donors (Lipinski definition) is 2. The Bertz CT molecular complexity index is 1150. The number of nitrogen functional groups attached to an aromatic ring is 1. The molecule has 2 aromatic heterocycles. The summed E-state index contributed by atoms with van der Waals surface area (Å²) < 4.78 is 6.11. The standard InChI is InChI=1S/C22H24N6O2S/c1-24-20(29)15-4-2-3-14(11-15)17-6-5-16-18(23)26-21(27-19(16)25-17)28-8-9-30-22(12-28)7-10-31-13-22/h2-6,11H,7-10,12-13H2,1H3,(H,24,29)(H2,23,25,26,27)/t22-/m0/s1. The van der Waals surface area contributed by atoms with Crippen LogP contribution in [-0.2, 0) is 4.74 Å². The molecule has 9 heteroatoms. The van der Waals surface area contributed by atoms with Crippen LogP contribution in [0.25, 0.3) is 22.3 Å². The van der Waals surface area contributed by atoms with Crippen LogP contribution in [0.1, 0.15) is 16.8 Å². The number of rotatable bonds is 3. The highest BCUT2D eigenvalue weighted by Crippen LogP contribution is 2.35. The fourth-order valence-electron chi connectivity index (χ4n) is 4.13. The predicted molar refractivity (Wildman–Crippen MR) is 123 cm³/mol. The molecule has 0 aliphatic carbocycles. The van der Waals surface area contributed by atoms with E-state index < -0.39 is 0 Å². The molecule has 3 aromatic rings. The number of nitrogens with zero attached hydrogens (tertiary/aromatic N) is 4. The molecule has 1 amide bonds. The number of benzene rings is 1. The van der Waals surface area contributed by atoms with Gasteiger partial charge in [-0.2, -0.15) is 21.7 Å². The van der Waals surface area contributed by atoms with Gasteiger partial charge in [0.2, 0.25) is 5.95 Å². The molecule has 2 aliphatic rings. The van der Waals surface area contributed by atoms with Crippen molar-refractivity contribution in [3.63, 3.8) is 0 Å². The molecular weight excluding hydrogens is 412 g/mol. The summed E-state index contributed by atoms with van der Waals surface area (Å²) >= 11 is 1.93. The summed E-state index contributed by atoms with van der Waals surface area (Å²) in [5, 5.41) is 3.36. The largest absolute Gasteiger partial charge is 0.383 e. The van der Waals surface area contributed by atoms with Crippen LogP contribution in [0.5, 0.6) is 0 Å². The number of anilines is 2. The van der Waals surface area contributed by atoms with E-state index in [1.165, 1.54) is 0 Å². The van der Waals surface area contributed by atoms with E-state index in [2.05, 4.69) is 15.2 Å². The van der Waals surface area contributed by atoms with E-state index in [1.807, 2.05) is 42.1 Å². The first-order valence-corrected chi connectivity index (χ1v) is 11.5. The van der Waals surface area contributed by atoms with Crippen LogP contribution in [0.4, 0.5) is 11.8 Å². The summed E-state index contributed by atoms with van der Waals surface area (Å²) in [4.78, 5) is 28.2. The summed E-state index contributed by atoms with van der Waals surface area (Å²) in [6, 6.07) is 11.1. The molecule has 3 N–H and O–H groups in total. The van der Waals surface area contributed by atoms with Gasteiger partial charge in [0.25, 0.3) is 5.91 Å². The minimum Gasteiger partial charge on any atom is -0.383 e. The van der Waals surface area contributed by atoms with Crippen molar-refractivity contribution >= 4 is 40.5 Å². The third-order valence-electron chi connectivity index (χ3n) is 5.82. The summed E-state index contributed by atoms with van der Waals surface area (Å²) in [7, 11) is 1.62. The average molecular weight is 437 g/mol. The topological polar surface area (TPSA) is 106 Å². The minimum atomic E-state index is -0.136. The summed E-state index contributed by atoms with van der Waals surface area (Å²) in [6.45, 7) is 2.14. The molecule has 2 aliphatic heterocycles. The monoisotopic (exact) mass is 436 g/mol. The second-order valence-corrected chi connectivity index (χ2v) is 9.00. The Hall–Kier alpha value is -2.91. The van der Waals surface area contributed by atoms with Gasteiger partial charge in [0, 0.05) is 30.5 Å². The zero-order valence-corrected chi connectivity index (χ0v) is 18.1. The fraction of sp³-hybridized carbons (Fsp3) is 0.364. The molecule has 0 bridgehead atoms. The van der Waals surface area contributed by atoms with Gasteiger partial charge < -0.3 is 20.7 Å². The molecule has 5 rings (SSSR count). The number of aromatic nitrogens is 3. The number of hydrogen-bond acceptors (Lipinski definition) is 8. The molecule has 160 valence electrons. The summed E-state index contributed by atoms with van der Waals surface area (Å²) in [5.41, 5.74) is 8.86. The zero-order chi connectivity index (χ0) is 21.4. The second kappa shape index (κ2) is 7.97. The summed E-state index contributed by atoms with van der Waals surface area (Å²) in [5.74, 6) is 2.99. The molecular formula is C22H24N6O2S. The van der Waals surface area contributed by atoms with E-state index in [0.717, 1.165) is 42.3 Å². The van der Waals surface area contributed by atoms with Crippen molar-refractivity contribution in [2.24, 2.45) is 0 Å². The highest BCUT2D eigenvalue weighted by atomic mass is 32.2. The molecule has 1 spiro atoms. The number of amides is 1. The zero-order valence-electron chi connectivity index (χ0n) is 17.3. The molecule has 8 nitrogen and oxygen atoms in total. The van der Waals surface area contributed by atoms with Gasteiger partial charge in [0.15, 0.2) is 5.65 Å². The van der Waals surface area contributed by atoms with Crippen molar-refractivity contribution in [1.82, 2.24) is 20.3 Å². The van der Waals surface area contributed by atoms with E-state index in [4.69, 9.17) is 20.4 Å². The lowest BCUT2D eigenvalue weighted by Crippen LogP contribution is -2.52. The van der Waals surface area contributed by atoms with Gasteiger partial charge in [-0.15, -0.1) is 0 Å². The minimum absolute atomic E-state index is 0.119. The average Bonchev–Trinajstić information content (AvgIpc) is 3.25. The molecule has 31 heavy (non-hydrogen) atoms. The Balaban J connectivity index is 1.51. The molecule has 4 heterocycles. The highest BCUT2D eigenvalue weighted by Gasteiger charge is 2.40. The number of nitrogens with one attached hydrogen (secondary N) is 1. The number of thioether (sulfide) groups is 1. The highest BCUT2D eigenvalue weighted by molar-refractivity contribution is 7.99. The lowest BCUT2D eigenvalue weighted by atomic mass is 10.0. The van der Waals surface area contributed by atoms with Crippen molar-refractivity contribution in [2.45, 2.75) is 12.0 Å². The maximum Gasteiger partial charge on any atom is 0.251 e. The Labute approximate surface area is 184 Å². The number of nitrogens with two attached hydrogens (primary N) is 1. The molecule has 0 unspecified atom stereocenters. The second-order valence-electron chi connectivity index (χ2n) is 7.89. The Kier molecular flexibility index (Phi) is 5.15. The van der Waals surface area contributed by atoms with E-state index >= 15 is 0 Å². The van der Waals surface area contributed by atoms with Gasteiger partial charge in [-0.1, -0.05) is 12.1 Å². The normalized spacial score (nSPS) is 21.0. The van der Waals surface area contributed by atoms with Gasteiger partial charge in [-0.05, 0) is 36.4 Å². The van der Waals surface area contributed by atoms with Gasteiger partial charge in [-0.3, -0.25) is 4.79 Å². The van der Waals surface area contributed by atoms with Crippen LogP contribution in [-0.4, -0.2) is 64.7 Å². The SMILES string of the molecule is CNC(=O)c1cccc(-c2ccc3c(N)nc(N4CCO[C@@]5(CCSC5)C4)nc3n2)c1. The van der Waals surface area contributed by atoms with Gasteiger partial charge in [-0.25, -0.2) is 4.98 Å². The lowest BCUT2D eigenvalue weighted by Gasteiger charge is -2.40. The Morgan fingerprint density at radius 3 is 2.97 bits per heavy atom. The Morgan fingerprint density at radius 2 is 2.16 bits per heavy atom. The van der Waals surface area contributed by atoms with Gasteiger partial charge in [0.05, 0.1) is 29.8 Å². The number of fused-ring (bicyclic) bond motifs is 1. The van der Waals surface area contributed by atoms with Crippen LogP contribution < -0.4 is 16.0 Å². The quantitative estimate of drug-likeness (QED) is 0.644. The first-order chi connectivity index (χ1) is 15.1. The third kappa shape index (κ3) is 3.79. The third-order valence-corrected chi connectivity index (χ3v) is 7.05. The van der Waals surface area contributed by atoms with Crippen molar-refractivity contribution < 1.29 is 9.53 Å². The van der Waals surface area contributed by atoms with E-state index in [1.54, 1.807) is 13.1 Å². The Morgan fingerprint density at radius 1 is 1.26 bits per heavy atom. The molecule has 2 saturated heterocycles. The van der Waals surface area contributed by atoms with E-state index in [9.17, 15) is 4.79 Å². The van der Waals surface area contributed by atoms with Crippen LogP contribution in [0.3, 0.4) is 0 Å². The number of pyridine rings is 1. The van der Waals surface area contributed by atoms with E-state index in [-0.39, 0.29) is 11.5 Å². The molecule has 0 saturated carbocycles. The van der Waals surface area contributed by atoms with Crippen LogP contribution in [0.2, 0.25) is 0 Å². The summed E-state index contributed by atoms with van der Waals surface area (Å²) in [6.07, 6.45) is 1.04.